The van der Waals surface area contributed by atoms with E-state index in [4.69, 9.17) is 5.11 Å². The van der Waals surface area contributed by atoms with Gasteiger partial charge < -0.3 is 15.2 Å². The predicted molar refractivity (Wildman–Crippen MR) is 55.4 cm³/mol. The summed E-state index contributed by atoms with van der Waals surface area (Å²) in [7, 11) is 0. The molecule has 0 atom stereocenters. The Labute approximate surface area is 89.1 Å². The molecule has 0 rings (SSSR count). The lowest BCUT2D eigenvalue weighted by Gasteiger charge is -2.05. The summed E-state index contributed by atoms with van der Waals surface area (Å²) in [6.45, 7) is 4.25. The Morgan fingerprint density at radius 1 is 1.40 bits per heavy atom. The number of hydrogen-bond donors (Lipinski definition) is 2. The maximum Gasteiger partial charge on any atom is 0.412 e. The van der Waals surface area contributed by atoms with Crippen LogP contribution in [0.5, 0.6) is 0 Å². The van der Waals surface area contributed by atoms with Gasteiger partial charge in [-0.1, -0.05) is 20.3 Å². The summed E-state index contributed by atoms with van der Waals surface area (Å²) in [5, 5.41) is 11.1. The lowest BCUT2D eigenvalue weighted by Crippen LogP contribution is -2.26. The largest absolute Gasteiger partial charge is 0.475 e. The molecule has 0 radical (unpaired) electrons. The fourth-order valence-corrected chi connectivity index (χ4v) is 0.861. The van der Waals surface area contributed by atoms with Crippen molar-refractivity contribution < 1.29 is 19.4 Å². The molecule has 0 saturated carbocycles. The van der Waals surface area contributed by atoms with Crippen LogP contribution in [0.3, 0.4) is 0 Å². The molecule has 86 valence electrons. The van der Waals surface area contributed by atoms with Crippen molar-refractivity contribution in [2.75, 3.05) is 6.54 Å². The fourth-order valence-electron chi connectivity index (χ4n) is 0.861. The number of carbonyl (C=O) groups excluding carboxylic acids is 1. The molecule has 0 aliphatic rings. The van der Waals surface area contributed by atoms with Crippen molar-refractivity contribution in [2.45, 2.75) is 33.1 Å². The summed E-state index contributed by atoms with van der Waals surface area (Å²) in [5.74, 6) is -1.56. The van der Waals surface area contributed by atoms with Crippen molar-refractivity contribution in [2.24, 2.45) is 0 Å². The van der Waals surface area contributed by atoms with E-state index in [1.54, 1.807) is 6.92 Å². The van der Waals surface area contributed by atoms with Gasteiger partial charge >= 0.3 is 12.1 Å². The normalized spacial score (nSPS) is 10.9. The SMILES string of the molecule is CC/C=C(\OC(=O)NCCCC)C(=O)O. The summed E-state index contributed by atoms with van der Waals surface area (Å²) in [6, 6.07) is 0. The number of nitrogens with one attached hydrogen (secondary N) is 1. The summed E-state index contributed by atoms with van der Waals surface area (Å²) in [6.07, 6.45) is 2.93. The number of carboxylic acids is 1. The molecule has 0 fully saturated rings. The van der Waals surface area contributed by atoms with Crippen LogP contribution in [0.1, 0.15) is 33.1 Å². The zero-order valence-corrected chi connectivity index (χ0v) is 9.08. The van der Waals surface area contributed by atoms with Crippen molar-refractivity contribution >= 4 is 12.1 Å². The number of aliphatic carboxylic acids is 1. The Kier molecular flexibility index (Phi) is 7.05. The quantitative estimate of drug-likeness (QED) is 0.403. The van der Waals surface area contributed by atoms with Crippen LogP contribution in [0, 0.1) is 0 Å². The van der Waals surface area contributed by atoms with Crippen molar-refractivity contribution in [1.29, 1.82) is 0 Å². The Bertz CT molecular complexity index is 248. The van der Waals surface area contributed by atoms with Gasteiger partial charge in [-0.25, -0.2) is 9.59 Å². The summed E-state index contributed by atoms with van der Waals surface area (Å²) >= 11 is 0. The zero-order chi connectivity index (χ0) is 11.7. The number of unbranched alkanes of at least 4 members (excludes halogenated alkanes) is 1. The molecule has 2 N–H and O–H groups in total. The van der Waals surface area contributed by atoms with Gasteiger partial charge in [-0.05, 0) is 18.9 Å². The molecule has 0 bridgehead atoms. The van der Waals surface area contributed by atoms with Crippen LogP contribution in [-0.4, -0.2) is 23.7 Å². The molecule has 0 aliphatic heterocycles. The molecule has 1 amide bonds. The molecule has 0 unspecified atom stereocenters. The highest BCUT2D eigenvalue weighted by molar-refractivity contribution is 5.87. The van der Waals surface area contributed by atoms with E-state index in [9.17, 15) is 9.59 Å². The molecule has 5 heteroatoms. The molecule has 0 heterocycles. The maximum atomic E-state index is 11.1. The summed E-state index contributed by atoms with van der Waals surface area (Å²) < 4.78 is 4.61. The second-order valence-electron chi connectivity index (χ2n) is 2.95. The highest BCUT2D eigenvalue weighted by atomic mass is 16.6. The van der Waals surface area contributed by atoms with E-state index < -0.39 is 12.1 Å². The van der Waals surface area contributed by atoms with E-state index in [0.29, 0.717) is 13.0 Å². The highest BCUT2D eigenvalue weighted by Crippen LogP contribution is 2.00. The minimum absolute atomic E-state index is 0.327. The minimum atomic E-state index is -1.23. The monoisotopic (exact) mass is 215 g/mol. The van der Waals surface area contributed by atoms with Gasteiger partial charge in [0.1, 0.15) is 0 Å². The first-order valence-corrected chi connectivity index (χ1v) is 5.00. The number of carboxylic acid groups (broad SMARTS) is 1. The van der Waals surface area contributed by atoms with E-state index in [1.807, 2.05) is 6.92 Å². The molecule has 15 heavy (non-hydrogen) atoms. The third-order valence-corrected chi connectivity index (χ3v) is 1.60. The Morgan fingerprint density at radius 3 is 2.53 bits per heavy atom. The number of ether oxygens (including phenoxy) is 1. The van der Waals surface area contributed by atoms with Crippen LogP contribution in [0.15, 0.2) is 11.8 Å². The standard InChI is InChI=1S/C10H17NO4/c1-3-5-7-11-10(14)15-8(6-4-2)9(12)13/h6H,3-5,7H2,1-2H3,(H,11,14)(H,12,13)/b8-6-. The third-order valence-electron chi connectivity index (χ3n) is 1.60. The topological polar surface area (TPSA) is 75.6 Å². The minimum Gasteiger partial charge on any atom is -0.475 e. The average molecular weight is 215 g/mol. The van der Waals surface area contributed by atoms with Crippen LogP contribution in [-0.2, 0) is 9.53 Å². The predicted octanol–water partition coefficient (Wildman–Crippen LogP) is 1.89. The van der Waals surface area contributed by atoms with Gasteiger partial charge in [0.05, 0.1) is 0 Å². The molecule has 0 aromatic carbocycles. The molecular weight excluding hydrogens is 198 g/mol. The average Bonchev–Trinajstić information content (AvgIpc) is 2.17. The molecular formula is C10H17NO4. The highest BCUT2D eigenvalue weighted by Gasteiger charge is 2.12. The number of amides is 1. The van der Waals surface area contributed by atoms with E-state index in [-0.39, 0.29) is 5.76 Å². The van der Waals surface area contributed by atoms with Gasteiger partial charge in [-0.15, -0.1) is 0 Å². The molecule has 0 aromatic heterocycles. The Balaban J connectivity index is 4.01. The first kappa shape index (κ1) is 13.5. The van der Waals surface area contributed by atoms with Gasteiger partial charge in [-0.3, -0.25) is 0 Å². The summed E-state index contributed by atoms with van der Waals surface area (Å²) in [4.78, 5) is 21.7. The van der Waals surface area contributed by atoms with Crippen LogP contribution in [0.2, 0.25) is 0 Å². The second-order valence-corrected chi connectivity index (χ2v) is 2.95. The van der Waals surface area contributed by atoms with Crippen LogP contribution >= 0.6 is 0 Å². The van der Waals surface area contributed by atoms with Crippen molar-refractivity contribution in [3.05, 3.63) is 11.8 Å². The maximum absolute atomic E-state index is 11.1. The first-order valence-electron chi connectivity index (χ1n) is 5.00. The second kappa shape index (κ2) is 7.84. The van der Waals surface area contributed by atoms with Crippen molar-refractivity contribution in [3.8, 4) is 0 Å². The molecule has 0 aliphatic carbocycles. The number of alkyl carbamates (subject to hydrolysis) is 1. The number of rotatable bonds is 6. The zero-order valence-electron chi connectivity index (χ0n) is 9.08. The molecule has 0 saturated heterocycles. The van der Waals surface area contributed by atoms with Gasteiger partial charge in [0.15, 0.2) is 0 Å². The third kappa shape index (κ3) is 6.54. The van der Waals surface area contributed by atoms with E-state index in [1.165, 1.54) is 6.08 Å². The number of hydrogen-bond acceptors (Lipinski definition) is 3. The van der Waals surface area contributed by atoms with Crippen molar-refractivity contribution in [3.63, 3.8) is 0 Å². The first-order chi connectivity index (χ1) is 7.11. The smallest absolute Gasteiger partial charge is 0.412 e. The van der Waals surface area contributed by atoms with Gasteiger partial charge in [0.2, 0.25) is 5.76 Å². The number of carbonyl (C=O) groups is 2. The molecule has 0 aromatic rings. The Morgan fingerprint density at radius 2 is 2.07 bits per heavy atom. The lowest BCUT2D eigenvalue weighted by molar-refractivity contribution is -0.135. The Hall–Kier alpha value is -1.52. The van der Waals surface area contributed by atoms with E-state index in [2.05, 4.69) is 10.1 Å². The lowest BCUT2D eigenvalue weighted by atomic mass is 10.3. The van der Waals surface area contributed by atoms with E-state index in [0.717, 1.165) is 12.8 Å². The van der Waals surface area contributed by atoms with Gasteiger partial charge in [0.25, 0.3) is 0 Å². The van der Waals surface area contributed by atoms with Crippen LogP contribution in [0.4, 0.5) is 4.79 Å². The summed E-state index contributed by atoms with van der Waals surface area (Å²) in [5.41, 5.74) is 0. The van der Waals surface area contributed by atoms with Crippen molar-refractivity contribution in [1.82, 2.24) is 5.32 Å². The van der Waals surface area contributed by atoms with Crippen LogP contribution in [0.25, 0.3) is 0 Å². The van der Waals surface area contributed by atoms with Crippen LogP contribution < -0.4 is 5.32 Å². The van der Waals surface area contributed by atoms with E-state index >= 15 is 0 Å². The fraction of sp³-hybridized carbons (Fsp3) is 0.600. The van der Waals surface area contributed by atoms with Gasteiger partial charge in [-0.2, -0.15) is 0 Å². The molecule has 0 spiro atoms. The molecule has 5 nitrogen and oxygen atoms in total. The van der Waals surface area contributed by atoms with Gasteiger partial charge in [0, 0.05) is 6.54 Å². The number of allylic oxidation sites excluding steroid dienone is 1.